The van der Waals surface area contributed by atoms with E-state index in [-0.39, 0.29) is 0 Å². The van der Waals surface area contributed by atoms with Gasteiger partial charge in [0.25, 0.3) is 0 Å². The van der Waals surface area contributed by atoms with E-state index in [1.807, 2.05) is 23.7 Å². The van der Waals surface area contributed by atoms with Crippen molar-refractivity contribution in [2.24, 2.45) is 0 Å². The van der Waals surface area contributed by atoms with E-state index in [1.165, 1.54) is 0 Å². The van der Waals surface area contributed by atoms with Crippen LogP contribution in [0, 0.1) is 0 Å². The number of hydrogen-bond donors (Lipinski definition) is 1. The Bertz CT molecular complexity index is 726. The molecular weight excluding hydrogens is 240 g/mol. The van der Waals surface area contributed by atoms with Crippen LogP contribution in [-0.2, 0) is 12.8 Å². The molecule has 0 aromatic carbocycles. The van der Waals surface area contributed by atoms with Gasteiger partial charge in [-0.3, -0.25) is 0 Å². The minimum absolute atomic E-state index is 0.771. The molecule has 0 amide bonds. The number of rotatable bonds is 3. The number of nitrogens with zero attached hydrogens (tertiary/aromatic N) is 3. The van der Waals surface area contributed by atoms with Crippen molar-refractivity contribution < 1.29 is 4.42 Å². The molecule has 19 heavy (non-hydrogen) atoms. The fraction of sp³-hybridized carbons (Fsp3) is 0.286. The molecule has 0 bridgehead atoms. The first-order chi connectivity index (χ1) is 9.26. The predicted molar refractivity (Wildman–Crippen MR) is 74.3 cm³/mol. The standard InChI is InChI=1S/C14H16N4O/c1-3-10-13(15)11(4-2)18(17-10)14-9-6-8-19-12(9)5-7-16-14/h5-8H,3-4,15H2,1-2H3. The third kappa shape index (κ3) is 1.69. The van der Waals surface area contributed by atoms with Gasteiger partial charge in [-0.2, -0.15) is 5.10 Å². The van der Waals surface area contributed by atoms with Crippen LogP contribution in [0.25, 0.3) is 16.8 Å². The molecule has 3 aromatic heterocycles. The van der Waals surface area contributed by atoms with Crippen LogP contribution < -0.4 is 5.73 Å². The Balaban J connectivity index is 2.29. The quantitative estimate of drug-likeness (QED) is 0.782. The molecule has 98 valence electrons. The van der Waals surface area contributed by atoms with E-state index in [4.69, 9.17) is 10.2 Å². The topological polar surface area (TPSA) is 69.9 Å². The molecule has 3 rings (SSSR count). The highest BCUT2D eigenvalue weighted by Crippen LogP contribution is 2.26. The summed E-state index contributed by atoms with van der Waals surface area (Å²) in [4.78, 5) is 4.43. The maximum absolute atomic E-state index is 6.15. The lowest BCUT2D eigenvalue weighted by molar-refractivity contribution is 0.615. The van der Waals surface area contributed by atoms with Crippen LogP contribution in [0.3, 0.4) is 0 Å². The predicted octanol–water partition coefficient (Wildman–Crippen LogP) is 2.72. The van der Waals surface area contributed by atoms with Gasteiger partial charge in [0.1, 0.15) is 5.58 Å². The van der Waals surface area contributed by atoms with Gasteiger partial charge in [0, 0.05) is 6.20 Å². The van der Waals surface area contributed by atoms with Crippen molar-refractivity contribution in [3.63, 3.8) is 0 Å². The third-order valence-corrected chi connectivity index (χ3v) is 3.33. The summed E-state index contributed by atoms with van der Waals surface area (Å²) in [5, 5.41) is 5.53. The van der Waals surface area contributed by atoms with Gasteiger partial charge >= 0.3 is 0 Å². The summed E-state index contributed by atoms with van der Waals surface area (Å²) >= 11 is 0. The lowest BCUT2D eigenvalue weighted by Gasteiger charge is -2.06. The van der Waals surface area contributed by atoms with Gasteiger partial charge in [-0.1, -0.05) is 13.8 Å². The molecule has 0 atom stereocenters. The number of aryl methyl sites for hydroxylation is 1. The molecule has 5 heteroatoms. The van der Waals surface area contributed by atoms with E-state index in [1.54, 1.807) is 12.5 Å². The van der Waals surface area contributed by atoms with E-state index in [9.17, 15) is 0 Å². The van der Waals surface area contributed by atoms with Crippen molar-refractivity contribution >= 4 is 16.7 Å². The van der Waals surface area contributed by atoms with Gasteiger partial charge in [-0.05, 0) is 25.0 Å². The Morgan fingerprint density at radius 1 is 1.26 bits per heavy atom. The number of nitrogens with two attached hydrogens (primary N) is 1. The fourth-order valence-electron chi connectivity index (χ4n) is 2.34. The Morgan fingerprint density at radius 2 is 2.11 bits per heavy atom. The van der Waals surface area contributed by atoms with Gasteiger partial charge in [0.2, 0.25) is 0 Å². The summed E-state index contributed by atoms with van der Waals surface area (Å²) < 4.78 is 7.24. The number of hydrogen-bond acceptors (Lipinski definition) is 4. The summed E-state index contributed by atoms with van der Waals surface area (Å²) in [6.07, 6.45) is 5.01. The average Bonchev–Trinajstić information content (AvgIpc) is 3.02. The number of anilines is 1. The minimum Gasteiger partial charge on any atom is -0.464 e. The Labute approximate surface area is 111 Å². The Kier molecular flexibility index (Phi) is 2.74. The molecule has 0 fully saturated rings. The van der Waals surface area contributed by atoms with Crippen LogP contribution in [-0.4, -0.2) is 14.8 Å². The van der Waals surface area contributed by atoms with E-state index in [2.05, 4.69) is 17.0 Å². The van der Waals surface area contributed by atoms with Gasteiger partial charge in [0.05, 0.1) is 28.7 Å². The maximum atomic E-state index is 6.15. The smallest absolute Gasteiger partial charge is 0.164 e. The highest BCUT2D eigenvalue weighted by molar-refractivity contribution is 5.84. The molecule has 0 radical (unpaired) electrons. The molecule has 5 nitrogen and oxygen atoms in total. The van der Waals surface area contributed by atoms with Gasteiger partial charge in [-0.25, -0.2) is 9.67 Å². The second-order valence-electron chi connectivity index (χ2n) is 4.39. The number of furan rings is 1. The molecule has 0 aliphatic rings. The number of nitrogen functional groups attached to an aromatic ring is 1. The summed E-state index contributed by atoms with van der Waals surface area (Å²) in [6.45, 7) is 4.12. The third-order valence-electron chi connectivity index (χ3n) is 3.33. The monoisotopic (exact) mass is 256 g/mol. The molecule has 2 N–H and O–H groups in total. The van der Waals surface area contributed by atoms with Crippen LogP contribution in [0.2, 0.25) is 0 Å². The van der Waals surface area contributed by atoms with Crippen molar-refractivity contribution in [1.29, 1.82) is 0 Å². The van der Waals surface area contributed by atoms with Crippen molar-refractivity contribution in [2.45, 2.75) is 26.7 Å². The molecule has 0 aliphatic carbocycles. The summed E-state index contributed by atoms with van der Waals surface area (Å²) in [5.74, 6) is 0.773. The van der Waals surface area contributed by atoms with Crippen LogP contribution in [0.15, 0.2) is 29.0 Å². The highest BCUT2D eigenvalue weighted by atomic mass is 16.3. The first kappa shape index (κ1) is 11.8. The number of fused-ring (bicyclic) bond motifs is 1. The minimum atomic E-state index is 0.771. The summed E-state index contributed by atoms with van der Waals surface area (Å²) in [6, 6.07) is 3.75. The van der Waals surface area contributed by atoms with Crippen molar-refractivity contribution in [3.05, 3.63) is 36.0 Å². The van der Waals surface area contributed by atoms with Crippen molar-refractivity contribution in [1.82, 2.24) is 14.8 Å². The molecule has 0 saturated carbocycles. The van der Waals surface area contributed by atoms with E-state index >= 15 is 0 Å². The zero-order chi connectivity index (χ0) is 13.4. The van der Waals surface area contributed by atoms with Gasteiger partial charge < -0.3 is 10.2 Å². The van der Waals surface area contributed by atoms with Crippen molar-refractivity contribution in [2.75, 3.05) is 5.73 Å². The van der Waals surface area contributed by atoms with Gasteiger partial charge in [-0.15, -0.1) is 0 Å². The van der Waals surface area contributed by atoms with E-state index in [0.717, 1.165) is 46.7 Å². The molecule has 0 spiro atoms. The zero-order valence-corrected chi connectivity index (χ0v) is 11.1. The normalized spacial score (nSPS) is 11.3. The largest absolute Gasteiger partial charge is 0.464 e. The Hall–Kier alpha value is -2.30. The van der Waals surface area contributed by atoms with Crippen LogP contribution in [0.1, 0.15) is 25.2 Å². The molecule has 0 unspecified atom stereocenters. The van der Waals surface area contributed by atoms with Crippen LogP contribution in [0.4, 0.5) is 5.69 Å². The SMILES string of the molecule is CCc1nn(-c2nccc3occc23)c(CC)c1N. The molecule has 3 heterocycles. The number of aromatic nitrogens is 3. The summed E-state index contributed by atoms with van der Waals surface area (Å²) in [5.41, 5.74) is 9.64. The lowest BCUT2D eigenvalue weighted by Crippen LogP contribution is -2.05. The summed E-state index contributed by atoms with van der Waals surface area (Å²) in [7, 11) is 0. The zero-order valence-electron chi connectivity index (χ0n) is 11.1. The molecule has 0 aliphatic heterocycles. The second-order valence-corrected chi connectivity index (χ2v) is 4.39. The highest BCUT2D eigenvalue weighted by Gasteiger charge is 2.17. The maximum Gasteiger partial charge on any atom is 0.164 e. The van der Waals surface area contributed by atoms with E-state index < -0.39 is 0 Å². The lowest BCUT2D eigenvalue weighted by atomic mass is 10.2. The molecular formula is C14H16N4O. The number of pyridine rings is 1. The molecule has 0 saturated heterocycles. The van der Waals surface area contributed by atoms with Crippen LogP contribution in [0.5, 0.6) is 0 Å². The van der Waals surface area contributed by atoms with E-state index in [0.29, 0.717) is 0 Å². The average molecular weight is 256 g/mol. The van der Waals surface area contributed by atoms with Crippen molar-refractivity contribution in [3.8, 4) is 5.82 Å². The molecule has 3 aromatic rings. The van der Waals surface area contributed by atoms with Gasteiger partial charge in [0.15, 0.2) is 5.82 Å². The first-order valence-electron chi connectivity index (χ1n) is 6.45. The second kappa shape index (κ2) is 4.42. The first-order valence-corrected chi connectivity index (χ1v) is 6.45. The Morgan fingerprint density at radius 3 is 2.84 bits per heavy atom. The fourth-order valence-corrected chi connectivity index (χ4v) is 2.34. The van der Waals surface area contributed by atoms with Crippen LogP contribution >= 0.6 is 0 Å².